The van der Waals surface area contributed by atoms with E-state index in [1.54, 1.807) is 10.6 Å². The van der Waals surface area contributed by atoms with E-state index in [4.69, 9.17) is 9.47 Å². The quantitative estimate of drug-likeness (QED) is 0.426. The molecular weight excluding hydrogens is 414 g/mol. The maximum absolute atomic E-state index is 13.0. The van der Waals surface area contributed by atoms with Crippen molar-refractivity contribution in [1.29, 1.82) is 0 Å². The number of aromatic nitrogens is 2. The number of benzene rings is 2. The molecule has 7 nitrogen and oxygen atoms in total. The van der Waals surface area contributed by atoms with Crippen LogP contribution in [-0.2, 0) is 17.9 Å². The normalized spacial score (nSPS) is 13.4. The Morgan fingerprint density at radius 1 is 1.23 bits per heavy atom. The fraction of sp³-hybridized carbons (Fsp3) is 0.348. The summed E-state index contributed by atoms with van der Waals surface area (Å²) in [6.07, 6.45) is 1.84. The first-order chi connectivity index (χ1) is 15.1. The second-order valence-corrected chi connectivity index (χ2v) is 8.70. The lowest BCUT2D eigenvalue weighted by Gasteiger charge is -2.16. The minimum absolute atomic E-state index is 0.0606. The van der Waals surface area contributed by atoms with Gasteiger partial charge in [0.15, 0.2) is 16.7 Å². The van der Waals surface area contributed by atoms with Crippen LogP contribution in [0.25, 0.3) is 10.9 Å². The predicted molar refractivity (Wildman–Crippen MR) is 121 cm³/mol. The zero-order valence-corrected chi connectivity index (χ0v) is 18.4. The van der Waals surface area contributed by atoms with Crippen LogP contribution in [-0.4, -0.2) is 27.5 Å². The van der Waals surface area contributed by atoms with E-state index in [0.29, 0.717) is 40.6 Å². The Labute approximate surface area is 184 Å². The van der Waals surface area contributed by atoms with E-state index in [-0.39, 0.29) is 18.3 Å². The standard InChI is InChI=1S/C23H25N3O4S/c1-3-4-11-26-22(28)17-7-5-6-8-18(17)25-23(26)31-15(2)21(27)24-13-16-9-10-19-20(12-16)30-14-29-19/h5-10,12,15H,3-4,11,13-14H2,1-2H3,(H,24,27). The number of nitrogens with one attached hydrogen (secondary N) is 1. The van der Waals surface area contributed by atoms with Crippen LogP contribution < -0.4 is 20.3 Å². The van der Waals surface area contributed by atoms with E-state index < -0.39 is 5.25 Å². The SMILES string of the molecule is CCCCn1c(SC(C)C(=O)NCc2ccc3c(c2)OCO3)nc2ccccc2c1=O. The van der Waals surface area contributed by atoms with Crippen LogP contribution >= 0.6 is 11.8 Å². The molecule has 1 unspecified atom stereocenters. The minimum Gasteiger partial charge on any atom is -0.454 e. The Balaban J connectivity index is 1.48. The highest BCUT2D eigenvalue weighted by Crippen LogP contribution is 2.32. The van der Waals surface area contributed by atoms with Crippen LogP contribution in [0.2, 0.25) is 0 Å². The summed E-state index contributed by atoms with van der Waals surface area (Å²) in [7, 11) is 0. The van der Waals surface area contributed by atoms with Crippen molar-refractivity contribution in [1.82, 2.24) is 14.9 Å². The number of fused-ring (bicyclic) bond motifs is 2. The van der Waals surface area contributed by atoms with Gasteiger partial charge in [0, 0.05) is 13.1 Å². The lowest BCUT2D eigenvalue weighted by molar-refractivity contribution is -0.120. The highest BCUT2D eigenvalue weighted by atomic mass is 32.2. The third-order valence-electron chi connectivity index (χ3n) is 5.12. The van der Waals surface area contributed by atoms with Crippen LogP contribution in [0.15, 0.2) is 52.4 Å². The van der Waals surface area contributed by atoms with Crippen molar-refractivity contribution in [3.8, 4) is 11.5 Å². The summed E-state index contributed by atoms with van der Waals surface area (Å²) in [5.74, 6) is 1.29. The van der Waals surface area contributed by atoms with E-state index in [0.717, 1.165) is 18.4 Å². The second-order valence-electron chi connectivity index (χ2n) is 7.39. The monoisotopic (exact) mass is 439 g/mol. The fourth-order valence-electron chi connectivity index (χ4n) is 3.35. The van der Waals surface area contributed by atoms with Crippen LogP contribution in [0, 0.1) is 0 Å². The summed E-state index contributed by atoms with van der Waals surface area (Å²) in [6.45, 7) is 5.09. The van der Waals surface area contributed by atoms with Crippen LogP contribution in [0.5, 0.6) is 11.5 Å². The van der Waals surface area contributed by atoms with Gasteiger partial charge in [0.05, 0.1) is 16.2 Å². The Hall–Kier alpha value is -3.00. The smallest absolute Gasteiger partial charge is 0.262 e. The molecule has 0 aliphatic carbocycles. The molecule has 2 heterocycles. The second kappa shape index (κ2) is 9.43. The molecule has 1 amide bonds. The van der Waals surface area contributed by atoms with Crippen molar-refractivity contribution in [3.63, 3.8) is 0 Å². The molecule has 0 saturated carbocycles. The number of unbranched alkanes of at least 4 members (excludes halogenated alkanes) is 1. The molecule has 31 heavy (non-hydrogen) atoms. The molecule has 0 saturated heterocycles. The van der Waals surface area contributed by atoms with Crippen molar-refractivity contribution in [2.45, 2.75) is 50.2 Å². The number of rotatable bonds is 8. The average molecular weight is 440 g/mol. The average Bonchev–Trinajstić information content (AvgIpc) is 3.25. The highest BCUT2D eigenvalue weighted by Gasteiger charge is 2.20. The number of hydrogen-bond acceptors (Lipinski definition) is 6. The largest absolute Gasteiger partial charge is 0.454 e. The van der Waals surface area contributed by atoms with E-state index in [1.807, 2.05) is 43.3 Å². The summed E-state index contributed by atoms with van der Waals surface area (Å²) in [4.78, 5) is 30.4. The Kier molecular flexibility index (Phi) is 6.46. The molecule has 0 spiro atoms. The summed E-state index contributed by atoms with van der Waals surface area (Å²) in [6, 6.07) is 12.9. The van der Waals surface area contributed by atoms with E-state index >= 15 is 0 Å². The summed E-state index contributed by atoms with van der Waals surface area (Å²) < 4.78 is 12.4. The molecule has 1 aromatic heterocycles. The molecule has 0 fully saturated rings. The van der Waals surface area contributed by atoms with Crippen molar-refractivity contribution in [2.24, 2.45) is 0 Å². The molecular formula is C23H25N3O4S. The van der Waals surface area contributed by atoms with E-state index in [1.165, 1.54) is 11.8 Å². The third kappa shape index (κ3) is 4.69. The molecule has 0 bridgehead atoms. The van der Waals surface area contributed by atoms with Gasteiger partial charge < -0.3 is 14.8 Å². The van der Waals surface area contributed by atoms with Crippen LogP contribution in [0.3, 0.4) is 0 Å². The Morgan fingerprint density at radius 2 is 2.03 bits per heavy atom. The van der Waals surface area contributed by atoms with Gasteiger partial charge in [0.1, 0.15) is 0 Å². The maximum atomic E-state index is 13.0. The Bertz CT molecular complexity index is 1160. The zero-order valence-electron chi connectivity index (χ0n) is 17.6. The van der Waals surface area contributed by atoms with Crippen LogP contribution in [0.4, 0.5) is 0 Å². The molecule has 1 aliphatic heterocycles. The van der Waals surface area contributed by atoms with Crippen molar-refractivity contribution in [2.75, 3.05) is 6.79 Å². The van der Waals surface area contributed by atoms with Gasteiger partial charge in [0.2, 0.25) is 12.7 Å². The molecule has 0 radical (unpaired) electrons. The molecule has 1 atom stereocenters. The van der Waals surface area contributed by atoms with Gasteiger partial charge >= 0.3 is 0 Å². The van der Waals surface area contributed by atoms with Gasteiger partial charge in [-0.25, -0.2) is 4.98 Å². The maximum Gasteiger partial charge on any atom is 0.262 e. The number of amides is 1. The van der Waals surface area contributed by atoms with Gasteiger partial charge in [-0.15, -0.1) is 0 Å². The lowest BCUT2D eigenvalue weighted by Crippen LogP contribution is -2.31. The van der Waals surface area contributed by atoms with Crippen molar-refractivity contribution in [3.05, 3.63) is 58.4 Å². The minimum atomic E-state index is -0.407. The number of carbonyl (C=O) groups excluding carboxylic acids is 1. The highest BCUT2D eigenvalue weighted by molar-refractivity contribution is 8.00. The molecule has 1 aliphatic rings. The molecule has 162 valence electrons. The fourth-order valence-corrected chi connectivity index (χ4v) is 4.31. The third-order valence-corrected chi connectivity index (χ3v) is 6.21. The van der Waals surface area contributed by atoms with Gasteiger partial charge in [-0.1, -0.05) is 43.3 Å². The molecule has 2 aromatic carbocycles. The van der Waals surface area contributed by atoms with Gasteiger partial charge in [0.25, 0.3) is 5.56 Å². The molecule has 1 N–H and O–H groups in total. The number of carbonyl (C=O) groups is 1. The molecule has 8 heteroatoms. The first kappa shape index (κ1) is 21.2. The number of para-hydroxylation sites is 1. The summed E-state index contributed by atoms with van der Waals surface area (Å²) in [5.41, 5.74) is 1.52. The van der Waals surface area contributed by atoms with Crippen molar-refractivity contribution < 1.29 is 14.3 Å². The number of thioether (sulfide) groups is 1. The van der Waals surface area contributed by atoms with E-state index in [9.17, 15) is 9.59 Å². The van der Waals surface area contributed by atoms with E-state index in [2.05, 4.69) is 17.2 Å². The number of nitrogens with zero attached hydrogens (tertiary/aromatic N) is 2. The van der Waals surface area contributed by atoms with Crippen molar-refractivity contribution >= 4 is 28.6 Å². The number of ether oxygens (including phenoxy) is 2. The first-order valence-corrected chi connectivity index (χ1v) is 11.3. The summed E-state index contributed by atoms with van der Waals surface area (Å²) >= 11 is 1.31. The van der Waals surface area contributed by atoms with Gasteiger partial charge in [-0.05, 0) is 43.2 Å². The zero-order chi connectivity index (χ0) is 21.8. The van der Waals surface area contributed by atoms with Gasteiger partial charge in [-0.3, -0.25) is 14.2 Å². The molecule has 3 aromatic rings. The first-order valence-electron chi connectivity index (χ1n) is 10.4. The number of hydrogen-bond donors (Lipinski definition) is 1. The predicted octanol–water partition coefficient (Wildman–Crippen LogP) is 3.72. The van der Waals surface area contributed by atoms with Crippen LogP contribution in [0.1, 0.15) is 32.3 Å². The summed E-state index contributed by atoms with van der Waals surface area (Å²) in [5, 5.41) is 3.72. The van der Waals surface area contributed by atoms with Gasteiger partial charge in [-0.2, -0.15) is 0 Å². The topological polar surface area (TPSA) is 82.5 Å². The molecule has 4 rings (SSSR count). The lowest BCUT2D eigenvalue weighted by atomic mass is 10.2. The Morgan fingerprint density at radius 3 is 2.87 bits per heavy atom.